The molecule has 2 N–H and O–H groups in total. The second-order valence-electron chi connectivity index (χ2n) is 6.29. The summed E-state index contributed by atoms with van der Waals surface area (Å²) in [6, 6.07) is 9.66. The lowest BCUT2D eigenvalue weighted by Crippen LogP contribution is -2.37. The highest BCUT2D eigenvalue weighted by Gasteiger charge is 2.22. The zero-order valence-corrected chi connectivity index (χ0v) is 15.7. The molecule has 0 saturated heterocycles. The average molecular weight is 377 g/mol. The van der Waals surface area contributed by atoms with Crippen LogP contribution in [0.5, 0.6) is 0 Å². The Hall–Kier alpha value is -2.16. The van der Waals surface area contributed by atoms with Crippen LogP contribution in [0.15, 0.2) is 39.8 Å². The van der Waals surface area contributed by atoms with E-state index in [1.54, 1.807) is 6.92 Å². The molecule has 1 amide bonds. The molecule has 1 aromatic heterocycles. The molecule has 2 aromatic rings. The smallest absolute Gasteiger partial charge is 0.273 e. The van der Waals surface area contributed by atoms with Crippen LogP contribution in [0.3, 0.4) is 0 Å². The molecule has 1 aliphatic heterocycles. The van der Waals surface area contributed by atoms with E-state index < -0.39 is 10.0 Å². The maximum Gasteiger partial charge on any atom is 0.273 e. The summed E-state index contributed by atoms with van der Waals surface area (Å²) in [6.45, 7) is 4.63. The Morgan fingerprint density at radius 2 is 2.00 bits per heavy atom. The molecule has 8 heteroatoms. The zero-order chi connectivity index (χ0) is 18.7. The van der Waals surface area contributed by atoms with Gasteiger partial charge in [-0.15, -0.1) is 0 Å². The summed E-state index contributed by atoms with van der Waals surface area (Å²) in [5.74, 6) is -0.0514. The molecule has 0 fully saturated rings. The number of carbonyl (C=O) groups is 1. The van der Waals surface area contributed by atoms with E-state index in [9.17, 15) is 13.2 Å². The van der Waals surface area contributed by atoms with Crippen molar-refractivity contribution in [1.82, 2.24) is 14.9 Å². The lowest BCUT2D eigenvalue weighted by molar-refractivity contribution is 0.0945. The van der Waals surface area contributed by atoms with E-state index in [4.69, 9.17) is 4.42 Å². The van der Waals surface area contributed by atoms with Crippen LogP contribution in [0.1, 0.15) is 27.2 Å². The number of rotatable bonds is 6. The van der Waals surface area contributed by atoms with Crippen LogP contribution in [0, 0.1) is 6.92 Å². The molecule has 26 heavy (non-hydrogen) atoms. The fourth-order valence-electron chi connectivity index (χ4n) is 3.08. The van der Waals surface area contributed by atoms with Crippen LogP contribution < -0.4 is 10.0 Å². The van der Waals surface area contributed by atoms with Crippen LogP contribution >= 0.6 is 0 Å². The average Bonchev–Trinajstić information content (AvgIpc) is 3.04. The Morgan fingerprint density at radius 1 is 1.27 bits per heavy atom. The van der Waals surface area contributed by atoms with E-state index in [0.717, 1.165) is 26.1 Å². The molecule has 7 nitrogen and oxygen atoms in total. The van der Waals surface area contributed by atoms with Gasteiger partial charge in [0.25, 0.3) is 15.9 Å². The van der Waals surface area contributed by atoms with Gasteiger partial charge in [-0.3, -0.25) is 9.69 Å². The van der Waals surface area contributed by atoms with Gasteiger partial charge in [-0.1, -0.05) is 24.3 Å². The van der Waals surface area contributed by atoms with Crippen molar-refractivity contribution in [2.75, 3.05) is 26.7 Å². The molecule has 140 valence electrons. The molecule has 2 heterocycles. The van der Waals surface area contributed by atoms with Crippen LogP contribution in [0.2, 0.25) is 0 Å². The molecule has 0 bridgehead atoms. The number of carbonyl (C=O) groups excluding carboxylic acids is 1. The quantitative estimate of drug-likeness (QED) is 0.791. The van der Waals surface area contributed by atoms with Crippen molar-refractivity contribution in [3.05, 3.63) is 52.8 Å². The SMILES string of the molecule is CNS(=O)(=O)c1cc(C(=O)NCCN2CCc3ccccc3C2)c(C)o1. The van der Waals surface area contributed by atoms with E-state index in [-0.39, 0.29) is 22.3 Å². The number of hydrogen-bond acceptors (Lipinski definition) is 5. The fourth-order valence-corrected chi connectivity index (χ4v) is 3.79. The Labute approximate surface area is 153 Å². The third kappa shape index (κ3) is 3.98. The summed E-state index contributed by atoms with van der Waals surface area (Å²) < 4.78 is 30.9. The highest BCUT2D eigenvalue weighted by molar-refractivity contribution is 7.89. The van der Waals surface area contributed by atoms with Crippen molar-refractivity contribution in [2.24, 2.45) is 0 Å². The summed E-state index contributed by atoms with van der Waals surface area (Å²) in [7, 11) is -2.41. The lowest BCUT2D eigenvalue weighted by atomic mass is 10.00. The minimum absolute atomic E-state index is 0.239. The molecule has 1 aliphatic rings. The van der Waals surface area contributed by atoms with E-state index in [1.807, 2.05) is 6.07 Å². The number of furan rings is 1. The highest BCUT2D eigenvalue weighted by Crippen LogP contribution is 2.19. The molecular weight excluding hydrogens is 354 g/mol. The Morgan fingerprint density at radius 3 is 2.73 bits per heavy atom. The lowest BCUT2D eigenvalue weighted by Gasteiger charge is -2.28. The van der Waals surface area contributed by atoms with Gasteiger partial charge in [0.2, 0.25) is 5.09 Å². The van der Waals surface area contributed by atoms with Gasteiger partial charge in [-0.2, -0.15) is 0 Å². The van der Waals surface area contributed by atoms with Gasteiger partial charge in [-0.25, -0.2) is 13.1 Å². The van der Waals surface area contributed by atoms with Crippen molar-refractivity contribution in [2.45, 2.75) is 25.0 Å². The normalized spacial score (nSPS) is 14.8. The zero-order valence-electron chi connectivity index (χ0n) is 14.9. The maximum absolute atomic E-state index is 12.3. The number of sulfonamides is 1. The summed E-state index contributed by atoms with van der Waals surface area (Å²) in [4.78, 5) is 14.6. The van der Waals surface area contributed by atoms with Crippen molar-refractivity contribution in [1.29, 1.82) is 0 Å². The van der Waals surface area contributed by atoms with Crippen LogP contribution in [0.25, 0.3) is 0 Å². The predicted molar refractivity (Wildman–Crippen MR) is 97.4 cm³/mol. The minimum atomic E-state index is -3.70. The first kappa shape index (κ1) is 18.6. The van der Waals surface area contributed by atoms with Crippen LogP contribution in [-0.4, -0.2) is 45.9 Å². The van der Waals surface area contributed by atoms with Crippen LogP contribution in [-0.2, 0) is 23.0 Å². The molecule has 0 radical (unpaired) electrons. The van der Waals surface area contributed by atoms with Gasteiger partial charge >= 0.3 is 0 Å². The number of nitrogens with zero attached hydrogens (tertiary/aromatic N) is 1. The Balaban J connectivity index is 1.55. The number of aryl methyl sites for hydroxylation is 1. The Bertz CT molecular complexity index is 905. The first-order valence-electron chi connectivity index (χ1n) is 8.52. The second kappa shape index (κ2) is 7.61. The van der Waals surface area contributed by atoms with Gasteiger partial charge < -0.3 is 9.73 Å². The van der Waals surface area contributed by atoms with Crippen molar-refractivity contribution in [3.8, 4) is 0 Å². The third-order valence-corrected chi connectivity index (χ3v) is 5.87. The first-order chi connectivity index (χ1) is 12.4. The van der Waals surface area contributed by atoms with E-state index in [2.05, 4.69) is 33.1 Å². The second-order valence-corrected chi connectivity index (χ2v) is 8.11. The first-order valence-corrected chi connectivity index (χ1v) is 10.0. The van der Waals surface area contributed by atoms with Gasteiger partial charge in [0, 0.05) is 32.2 Å². The molecular formula is C18H23N3O4S. The largest absolute Gasteiger partial charge is 0.448 e. The number of fused-ring (bicyclic) bond motifs is 1. The van der Waals surface area contributed by atoms with Gasteiger partial charge in [0.05, 0.1) is 5.56 Å². The molecule has 3 rings (SSSR count). The third-order valence-electron chi connectivity index (χ3n) is 4.60. The van der Waals surface area contributed by atoms with Crippen molar-refractivity contribution < 1.29 is 17.6 Å². The Kier molecular flexibility index (Phi) is 5.45. The van der Waals surface area contributed by atoms with E-state index >= 15 is 0 Å². The monoisotopic (exact) mass is 377 g/mol. The molecule has 0 spiro atoms. The molecule has 0 unspecified atom stereocenters. The predicted octanol–water partition coefficient (Wildman–Crippen LogP) is 1.28. The number of amides is 1. The summed E-state index contributed by atoms with van der Waals surface area (Å²) >= 11 is 0. The van der Waals surface area contributed by atoms with E-state index in [0.29, 0.717) is 6.54 Å². The van der Waals surface area contributed by atoms with Gasteiger partial charge in [0.1, 0.15) is 5.76 Å². The van der Waals surface area contributed by atoms with Crippen molar-refractivity contribution >= 4 is 15.9 Å². The van der Waals surface area contributed by atoms with Gasteiger partial charge in [-0.05, 0) is 31.5 Å². The van der Waals surface area contributed by atoms with Crippen molar-refractivity contribution in [3.63, 3.8) is 0 Å². The molecule has 1 aromatic carbocycles. The number of hydrogen-bond donors (Lipinski definition) is 2. The topological polar surface area (TPSA) is 91.6 Å². The van der Waals surface area contributed by atoms with Gasteiger partial charge in [0.15, 0.2) is 0 Å². The van der Waals surface area contributed by atoms with E-state index in [1.165, 1.54) is 24.2 Å². The van der Waals surface area contributed by atoms with Crippen LogP contribution in [0.4, 0.5) is 0 Å². The molecule has 0 atom stereocenters. The fraction of sp³-hybridized carbons (Fsp3) is 0.389. The maximum atomic E-state index is 12.3. The highest BCUT2D eigenvalue weighted by atomic mass is 32.2. The summed E-state index contributed by atoms with van der Waals surface area (Å²) in [6.07, 6.45) is 1.01. The summed E-state index contributed by atoms with van der Waals surface area (Å²) in [5.41, 5.74) is 2.96. The number of benzene rings is 1. The summed E-state index contributed by atoms with van der Waals surface area (Å²) in [5, 5.41) is 2.58. The minimum Gasteiger partial charge on any atom is -0.448 e. The molecule has 0 saturated carbocycles. The molecule has 0 aliphatic carbocycles. The number of nitrogens with one attached hydrogen (secondary N) is 2. The standard InChI is InChI=1S/C18H23N3O4S/c1-13-16(11-17(25-13)26(23,24)19-2)18(22)20-8-10-21-9-7-14-5-3-4-6-15(14)12-21/h3-6,11,19H,7-10,12H2,1-2H3,(H,20,22).